The third-order valence-corrected chi connectivity index (χ3v) is 1.00. The van der Waals surface area contributed by atoms with Gasteiger partial charge >= 0.3 is 0 Å². The van der Waals surface area contributed by atoms with Crippen LogP contribution in [0.2, 0.25) is 0 Å². The molecule has 4 heteroatoms. The van der Waals surface area contributed by atoms with Crippen LogP contribution in [0.1, 0.15) is 17.4 Å². The Morgan fingerprint density at radius 1 is 1.40 bits per heavy atom. The van der Waals surface area contributed by atoms with E-state index in [0.29, 0.717) is 0 Å². The molecule has 0 spiro atoms. The highest BCUT2D eigenvalue weighted by molar-refractivity contribution is 5.91. The Morgan fingerprint density at radius 3 is 2.50 bits per heavy atom. The molecule has 0 atom stereocenters. The minimum atomic E-state index is -0.426. The van der Waals surface area contributed by atoms with Gasteiger partial charge < -0.3 is 0 Å². The first-order chi connectivity index (χ1) is 4.70. The summed E-state index contributed by atoms with van der Waals surface area (Å²) in [5, 5.41) is 16.9. The van der Waals surface area contributed by atoms with Crippen molar-refractivity contribution in [3.63, 3.8) is 0 Å². The molecule has 0 aliphatic rings. The number of hydrogen-bond donors (Lipinski definition) is 0. The Morgan fingerprint density at radius 2 is 2.10 bits per heavy atom. The Balaban J connectivity index is 3.00. The predicted octanol–water partition coefficient (Wildman–Crippen LogP) is 0.823. The summed E-state index contributed by atoms with van der Waals surface area (Å²) in [4.78, 5) is 10.6. The van der Waals surface area contributed by atoms with Crippen molar-refractivity contribution in [2.45, 2.75) is 6.92 Å². The lowest BCUT2D eigenvalue weighted by atomic mass is 10.3. The molecule has 0 unspecified atom stereocenters. The van der Waals surface area contributed by atoms with Crippen molar-refractivity contribution in [3.05, 3.63) is 17.8 Å². The van der Waals surface area contributed by atoms with Crippen LogP contribution in [-0.4, -0.2) is 16.0 Å². The molecule has 0 aliphatic carbocycles. The van der Waals surface area contributed by atoms with E-state index in [0.717, 1.165) is 0 Å². The number of hydrogen-bond acceptors (Lipinski definition) is 3. The highest BCUT2D eigenvalue weighted by Crippen LogP contribution is 2.02. The standard InChI is InChI=1S/C6H5N2O2/c1-4(9)5-2-3-6(10)8-7-5/h2-3H,1H3. The monoisotopic (exact) mass is 137 g/mol. The van der Waals surface area contributed by atoms with Crippen molar-refractivity contribution in [2.24, 2.45) is 0 Å². The maximum absolute atomic E-state index is 10.6. The maximum Gasteiger partial charge on any atom is 0.288 e. The summed E-state index contributed by atoms with van der Waals surface area (Å²) in [6.07, 6.45) is 0. The van der Waals surface area contributed by atoms with Gasteiger partial charge in [0.25, 0.3) is 5.88 Å². The van der Waals surface area contributed by atoms with Crippen LogP contribution in [0, 0.1) is 0 Å². The third-order valence-electron chi connectivity index (χ3n) is 1.00. The first kappa shape index (κ1) is 6.67. The van der Waals surface area contributed by atoms with Gasteiger partial charge in [-0.3, -0.25) is 9.90 Å². The molecule has 0 aromatic carbocycles. The summed E-state index contributed by atoms with van der Waals surface area (Å²) in [6, 6.07) is 2.57. The van der Waals surface area contributed by atoms with Crippen molar-refractivity contribution in [1.29, 1.82) is 0 Å². The van der Waals surface area contributed by atoms with Crippen LogP contribution in [0.4, 0.5) is 0 Å². The lowest BCUT2D eigenvalue weighted by Crippen LogP contribution is -1.96. The fraction of sp³-hybridized carbons (Fsp3) is 0.167. The van der Waals surface area contributed by atoms with Crippen LogP contribution in [0.5, 0.6) is 5.88 Å². The zero-order chi connectivity index (χ0) is 7.56. The van der Waals surface area contributed by atoms with Gasteiger partial charge in [-0.2, -0.15) is 0 Å². The zero-order valence-electron chi connectivity index (χ0n) is 5.37. The topological polar surface area (TPSA) is 62.8 Å². The van der Waals surface area contributed by atoms with Gasteiger partial charge in [0.2, 0.25) is 0 Å². The van der Waals surface area contributed by atoms with E-state index in [1.165, 1.54) is 19.1 Å². The molecule has 0 saturated heterocycles. The number of aromatic nitrogens is 2. The van der Waals surface area contributed by atoms with Crippen LogP contribution in [0.25, 0.3) is 0 Å². The van der Waals surface area contributed by atoms with Crippen molar-refractivity contribution in [1.82, 2.24) is 10.2 Å². The third kappa shape index (κ3) is 1.28. The van der Waals surface area contributed by atoms with Gasteiger partial charge in [0.1, 0.15) is 5.69 Å². The Kier molecular flexibility index (Phi) is 1.62. The molecule has 0 aliphatic heterocycles. The SMILES string of the molecule is CC(=O)c1ccc([O])nn1. The average Bonchev–Trinajstić information content (AvgIpc) is 1.88. The highest BCUT2D eigenvalue weighted by atomic mass is 16.3. The molecule has 10 heavy (non-hydrogen) atoms. The summed E-state index contributed by atoms with van der Waals surface area (Å²) in [6.45, 7) is 1.37. The zero-order valence-corrected chi connectivity index (χ0v) is 5.37. The van der Waals surface area contributed by atoms with Crippen molar-refractivity contribution < 1.29 is 9.90 Å². The van der Waals surface area contributed by atoms with Crippen molar-refractivity contribution >= 4 is 5.78 Å². The maximum atomic E-state index is 10.6. The van der Waals surface area contributed by atoms with Crippen molar-refractivity contribution in [2.75, 3.05) is 0 Å². The molecule has 51 valence electrons. The fourth-order valence-corrected chi connectivity index (χ4v) is 0.508. The van der Waals surface area contributed by atoms with Gasteiger partial charge in [-0.25, -0.2) is 0 Å². The Bertz CT molecular complexity index is 242. The smallest absolute Gasteiger partial charge is 0.288 e. The largest absolute Gasteiger partial charge is 0.293 e. The Hall–Kier alpha value is -1.45. The van der Waals surface area contributed by atoms with E-state index in [9.17, 15) is 9.90 Å². The minimum absolute atomic E-state index is 0.187. The number of Topliss-reactive ketones (excluding diaryl/α,β-unsaturated/α-hetero) is 1. The fourth-order valence-electron chi connectivity index (χ4n) is 0.508. The van der Waals surface area contributed by atoms with E-state index in [-0.39, 0.29) is 11.5 Å². The second kappa shape index (κ2) is 2.43. The number of carbonyl (C=O) groups is 1. The summed E-state index contributed by atoms with van der Waals surface area (Å²) in [5.41, 5.74) is 0.222. The van der Waals surface area contributed by atoms with E-state index >= 15 is 0 Å². The summed E-state index contributed by atoms with van der Waals surface area (Å²) in [5.74, 6) is -0.613. The number of ketones is 1. The molecular weight excluding hydrogens is 132 g/mol. The van der Waals surface area contributed by atoms with E-state index in [4.69, 9.17) is 0 Å². The molecule has 0 saturated carbocycles. The molecule has 1 aromatic rings. The van der Waals surface area contributed by atoms with Crippen LogP contribution >= 0.6 is 0 Å². The van der Waals surface area contributed by atoms with Crippen LogP contribution in [-0.2, 0) is 5.11 Å². The second-order valence-electron chi connectivity index (χ2n) is 1.81. The lowest BCUT2D eigenvalue weighted by molar-refractivity contribution is 0.101. The minimum Gasteiger partial charge on any atom is -0.293 e. The Labute approximate surface area is 57.5 Å². The van der Waals surface area contributed by atoms with Crippen LogP contribution in [0.15, 0.2) is 12.1 Å². The number of carbonyl (C=O) groups excluding carboxylic acids is 1. The summed E-state index contributed by atoms with van der Waals surface area (Å²) < 4.78 is 0. The van der Waals surface area contributed by atoms with Gasteiger partial charge in [0.05, 0.1) is 0 Å². The second-order valence-corrected chi connectivity index (χ2v) is 1.81. The van der Waals surface area contributed by atoms with Crippen LogP contribution in [0.3, 0.4) is 0 Å². The van der Waals surface area contributed by atoms with Gasteiger partial charge in [-0.05, 0) is 6.07 Å². The van der Waals surface area contributed by atoms with E-state index in [2.05, 4.69) is 10.2 Å². The molecule has 0 N–H and O–H groups in total. The molecule has 1 heterocycles. The molecule has 1 radical (unpaired) electrons. The predicted molar refractivity (Wildman–Crippen MR) is 32.2 cm³/mol. The van der Waals surface area contributed by atoms with E-state index < -0.39 is 5.88 Å². The molecule has 0 bridgehead atoms. The van der Waals surface area contributed by atoms with Crippen LogP contribution < -0.4 is 0 Å². The average molecular weight is 137 g/mol. The molecule has 1 rings (SSSR count). The first-order valence-electron chi connectivity index (χ1n) is 2.72. The summed E-state index contributed by atoms with van der Waals surface area (Å²) >= 11 is 0. The van der Waals surface area contributed by atoms with Crippen molar-refractivity contribution in [3.8, 4) is 5.88 Å². The molecule has 1 aromatic heterocycles. The number of rotatable bonds is 1. The van der Waals surface area contributed by atoms with E-state index in [1.54, 1.807) is 0 Å². The van der Waals surface area contributed by atoms with Gasteiger partial charge in [-0.15, -0.1) is 10.2 Å². The highest BCUT2D eigenvalue weighted by Gasteiger charge is 2.00. The number of nitrogens with zero attached hydrogens (tertiary/aromatic N) is 2. The molecular formula is C6H5N2O2. The molecule has 4 nitrogen and oxygen atoms in total. The molecule has 0 fully saturated rings. The van der Waals surface area contributed by atoms with Gasteiger partial charge in [0.15, 0.2) is 5.78 Å². The first-order valence-corrected chi connectivity index (χ1v) is 2.72. The summed E-state index contributed by atoms with van der Waals surface area (Å²) in [7, 11) is 0. The lowest BCUT2D eigenvalue weighted by Gasteiger charge is -1.88. The van der Waals surface area contributed by atoms with E-state index in [1.807, 2.05) is 0 Å². The van der Waals surface area contributed by atoms with Gasteiger partial charge in [-0.1, -0.05) is 0 Å². The normalized spacial score (nSPS) is 9.30. The quantitative estimate of drug-likeness (QED) is 0.538. The molecule has 0 amide bonds. The van der Waals surface area contributed by atoms with Gasteiger partial charge in [0, 0.05) is 13.0 Å².